The smallest absolute Gasteiger partial charge is 0.0444 e. The molecule has 0 unspecified atom stereocenters. The van der Waals surface area contributed by atoms with Crippen LogP contribution in [0.2, 0.25) is 0 Å². The maximum atomic E-state index is 4.35. The molecule has 0 aliphatic heterocycles. The van der Waals surface area contributed by atoms with Crippen LogP contribution >= 0.6 is 0 Å². The molecule has 0 saturated carbocycles. The Labute approximate surface area is 280 Å². The molecule has 5 aromatic carbocycles. The van der Waals surface area contributed by atoms with Crippen LogP contribution in [0.3, 0.4) is 0 Å². The molecule has 0 aliphatic rings. The van der Waals surface area contributed by atoms with Gasteiger partial charge < -0.3 is 0 Å². The molecule has 7 aromatic rings. The molecule has 48 heavy (non-hydrogen) atoms. The number of pyridine rings is 2. The van der Waals surface area contributed by atoms with Crippen molar-refractivity contribution in [1.29, 1.82) is 0 Å². The van der Waals surface area contributed by atoms with Crippen LogP contribution < -0.4 is 0 Å². The van der Waals surface area contributed by atoms with Gasteiger partial charge in [0.15, 0.2) is 0 Å². The summed E-state index contributed by atoms with van der Waals surface area (Å²) in [5.74, 6) is 0. The Balaban J connectivity index is 1.40. The van der Waals surface area contributed by atoms with Crippen molar-refractivity contribution in [3.8, 4) is 0 Å². The summed E-state index contributed by atoms with van der Waals surface area (Å²) in [5.41, 5.74) is 0. The van der Waals surface area contributed by atoms with E-state index in [4.69, 9.17) is 0 Å². The lowest BCUT2D eigenvalue weighted by atomic mass is 10.2. The molecule has 0 saturated heterocycles. The van der Waals surface area contributed by atoms with Gasteiger partial charge in [-0.2, -0.15) is 0 Å². The fraction of sp³-hybridized carbons (Fsp3) is 0. The van der Waals surface area contributed by atoms with E-state index in [0.29, 0.717) is 0 Å². The lowest BCUT2D eigenvalue weighted by molar-refractivity contribution is 1.38. The molecule has 2 aromatic heterocycles. The summed E-state index contributed by atoms with van der Waals surface area (Å²) in [7, 11) is 0. The van der Waals surface area contributed by atoms with Crippen LogP contribution in [-0.4, -0.2) is 9.97 Å². The van der Waals surface area contributed by atoms with E-state index in [1.807, 2.05) is 109 Å². The minimum Gasteiger partial charge on any atom is -0.262 e. The standard InChI is InChI=1S/C46H22N2/c1-5-35-13-14-36-6-2-10-40(26-36)18-23-45-30-46(34-48-33-45)24-20-42-12-4-8-38(28-42)16-15-37-7-3-11-41(27-37)19-22-44-29-43(31-47-32-44)21-17-39(9-1)25-35/h1-12,25-34H. The summed E-state index contributed by atoms with van der Waals surface area (Å²) in [5, 5.41) is 10.1. The maximum absolute atomic E-state index is 4.35. The van der Waals surface area contributed by atoms with Gasteiger partial charge in [-0.25, -0.2) is 0 Å². The predicted octanol–water partition coefficient (Wildman–Crippen LogP) is 10.1. The first kappa shape index (κ1) is 29.3. The van der Waals surface area contributed by atoms with Gasteiger partial charge in [0.05, 0.1) is 0 Å². The van der Waals surface area contributed by atoms with Gasteiger partial charge in [0, 0.05) is 89.4 Å². The van der Waals surface area contributed by atoms with Gasteiger partial charge in [-0.3, -0.25) is 9.97 Å². The monoisotopic (exact) mass is 602 g/mol. The van der Waals surface area contributed by atoms with Crippen LogP contribution in [0.25, 0.3) is 64.6 Å². The zero-order valence-corrected chi connectivity index (χ0v) is 25.6. The third-order valence-corrected chi connectivity index (χ3v) is 7.03. The van der Waals surface area contributed by atoms with Crippen molar-refractivity contribution in [3.63, 3.8) is 0 Å². The first-order chi connectivity index (χ1) is 23.7. The number of rotatable bonds is 0. The van der Waals surface area contributed by atoms with E-state index in [9.17, 15) is 0 Å². The van der Waals surface area contributed by atoms with E-state index in [0.717, 1.165) is 64.6 Å². The highest BCUT2D eigenvalue weighted by Gasteiger charge is 1.87. The summed E-state index contributed by atoms with van der Waals surface area (Å²) in [6.07, 6.45) is 6.96. The third kappa shape index (κ3) is 7.97. The fourth-order valence-corrected chi connectivity index (χ4v) is 4.72. The molecule has 0 aliphatic carbocycles. The fourth-order valence-electron chi connectivity index (χ4n) is 4.72. The Bertz CT molecular complexity index is 1960. The number of hydrogen-bond donors (Lipinski definition) is 0. The molecule has 2 nitrogen and oxygen atoms in total. The van der Waals surface area contributed by atoms with Crippen molar-refractivity contribution in [2.45, 2.75) is 0 Å². The van der Waals surface area contributed by atoms with E-state index in [-0.39, 0.29) is 0 Å². The van der Waals surface area contributed by atoms with E-state index in [1.165, 1.54) is 0 Å². The van der Waals surface area contributed by atoms with Crippen molar-refractivity contribution in [2.24, 2.45) is 0 Å². The van der Waals surface area contributed by atoms with Crippen LogP contribution in [0, 0.1) is 72.8 Å². The number of aromatic nitrogens is 2. The second kappa shape index (κ2) is 14.1. The van der Waals surface area contributed by atoms with Crippen LogP contribution in [-0.2, 0) is 0 Å². The highest BCUT2D eigenvalue weighted by Crippen LogP contribution is 2.08. The summed E-state index contributed by atoms with van der Waals surface area (Å²) < 4.78 is 0. The number of benzene rings is 4. The van der Waals surface area contributed by atoms with Crippen molar-refractivity contribution in [3.05, 3.63) is 207 Å². The minimum atomic E-state index is 0.782. The molecule has 0 spiro atoms. The Morgan fingerprint density at radius 3 is 0.604 bits per heavy atom. The zero-order valence-electron chi connectivity index (χ0n) is 25.6. The molecule has 12 bridgehead atoms. The van der Waals surface area contributed by atoms with Crippen molar-refractivity contribution >= 4 is 64.6 Å². The minimum absolute atomic E-state index is 0.782. The average molecular weight is 603 g/mol. The topological polar surface area (TPSA) is 25.8 Å². The van der Waals surface area contributed by atoms with E-state index in [2.05, 4.69) is 82.8 Å². The lowest BCUT2D eigenvalue weighted by Crippen LogP contribution is -1.68. The first-order valence-electron chi connectivity index (χ1n) is 15.1. The molecule has 0 atom stereocenters. The molecule has 216 valence electrons. The van der Waals surface area contributed by atoms with Crippen LogP contribution in [0.1, 0.15) is 0 Å². The zero-order chi connectivity index (χ0) is 32.4. The number of nitrogens with zero attached hydrogens (tertiary/aromatic N) is 2. The lowest BCUT2D eigenvalue weighted by Gasteiger charge is -1.86. The second-order valence-electron chi connectivity index (χ2n) is 10.7. The Morgan fingerprint density at radius 2 is 0.396 bits per heavy atom. The van der Waals surface area contributed by atoms with Gasteiger partial charge >= 0.3 is 0 Å². The largest absolute Gasteiger partial charge is 0.262 e. The van der Waals surface area contributed by atoms with Crippen LogP contribution in [0.5, 0.6) is 0 Å². The number of fused-ring (bicyclic) bond motifs is 12. The van der Waals surface area contributed by atoms with E-state index >= 15 is 0 Å². The summed E-state index contributed by atoms with van der Waals surface area (Å²) in [4.78, 5) is 8.71. The molecule has 0 radical (unpaired) electrons. The third-order valence-electron chi connectivity index (χ3n) is 7.03. The average Bonchev–Trinajstić information content (AvgIpc) is 3.14. The van der Waals surface area contributed by atoms with Gasteiger partial charge in [-0.15, -0.1) is 0 Å². The Hall–Kier alpha value is -7.46. The van der Waals surface area contributed by atoms with Gasteiger partial charge in [0.1, 0.15) is 0 Å². The maximum Gasteiger partial charge on any atom is 0.0444 e. The van der Waals surface area contributed by atoms with Gasteiger partial charge in [0.25, 0.3) is 0 Å². The quantitative estimate of drug-likeness (QED) is 0.173. The predicted molar refractivity (Wildman–Crippen MR) is 192 cm³/mol. The van der Waals surface area contributed by atoms with E-state index < -0.39 is 0 Å². The Morgan fingerprint density at radius 1 is 0.229 bits per heavy atom. The highest BCUT2D eigenvalue weighted by molar-refractivity contribution is 5.70. The van der Waals surface area contributed by atoms with Gasteiger partial charge in [-0.1, -0.05) is 97.1 Å². The summed E-state index contributed by atoms with van der Waals surface area (Å²) >= 11 is 0. The van der Waals surface area contributed by atoms with Crippen LogP contribution in [0.15, 0.2) is 134 Å². The Kier molecular flexibility index (Phi) is 8.60. The molecule has 0 fully saturated rings. The summed E-state index contributed by atoms with van der Waals surface area (Å²) in [6.45, 7) is 0. The molecular weight excluding hydrogens is 581 g/mol. The molecule has 0 amide bonds. The highest BCUT2D eigenvalue weighted by atomic mass is 14.6. The van der Waals surface area contributed by atoms with Crippen molar-refractivity contribution in [1.82, 2.24) is 9.97 Å². The molecule has 0 N–H and O–H groups in total. The molecule has 2 heteroatoms. The first-order valence-corrected chi connectivity index (χ1v) is 15.1. The van der Waals surface area contributed by atoms with Crippen LogP contribution in [0.4, 0.5) is 0 Å². The van der Waals surface area contributed by atoms with Crippen molar-refractivity contribution in [2.75, 3.05) is 0 Å². The van der Waals surface area contributed by atoms with Crippen molar-refractivity contribution < 1.29 is 0 Å². The SMILES string of the molecule is c1c2cccc(c#cc3cncc(c#cc4cccc(c#cc5cccc(c#cc6cncc(c#cc7cccc(c#1)c7)c6)c5)c4)c3)c2. The summed E-state index contributed by atoms with van der Waals surface area (Å²) in [6, 6.07) is 74.3. The van der Waals surface area contributed by atoms with Gasteiger partial charge in [0.2, 0.25) is 0 Å². The van der Waals surface area contributed by atoms with E-state index in [1.54, 1.807) is 24.8 Å². The molecule has 7 rings (SSSR count). The molecular formula is C46H22N2. The second-order valence-corrected chi connectivity index (χ2v) is 10.7. The van der Waals surface area contributed by atoms with Gasteiger partial charge in [-0.05, 0) is 84.9 Å². The number of hydrogen-bond acceptors (Lipinski definition) is 2. The molecule has 2 heterocycles. The normalized spacial score (nSPS) is 9.50.